The molecule has 1 N–H and O–H groups in total. The Labute approximate surface area is 144 Å². The van der Waals surface area contributed by atoms with E-state index in [1.54, 1.807) is 12.1 Å². The van der Waals surface area contributed by atoms with Crippen LogP contribution in [0.3, 0.4) is 0 Å². The zero-order valence-corrected chi connectivity index (χ0v) is 15.0. The van der Waals surface area contributed by atoms with Crippen LogP contribution in [0.4, 0.5) is 4.39 Å². The average Bonchev–Trinajstić information content (AvgIpc) is 2.33. The quantitative estimate of drug-likeness (QED) is 0.848. The summed E-state index contributed by atoms with van der Waals surface area (Å²) in [5, 5.41) is 4.00. The van der Waals surface area contributed by atoms with Gasteiger partial charge in [0.15, 0.2) is 0 Å². The Hall–Kier alpha value is -0.0600. The highest BCUT2D eigenvalue weighted by atomic mass is 35.5. The molecule has 1 aromatic rings. The molecule has 0 radical (unpaired) electrons. The molecule has 2 nitrogen and oxygen atoms in total. The van der Waals surface area contributed by atoms with Gasteiger partial charge in [-0.2, -0.15) is 0 Å². The molecule has 0 amide bonds. The molecule has 2 rings (SSSR count). The summed E-state index contributed by atoms with van der Waals surface area (Å²) in [6.45, 7) is 10.4. The summed E-state index contributed by atoms with van der Waals surface area (Å²) in [5.41, 5.74) is 0.908. The normalized spacial score (nSPS) is 17.6. The Balaban J connectivity index is 0.00000200. The number of hydrogen-bond acceptors (Lipinski definition) is 2. The largest absolute Gasteiger partial charge is 0.314 e. The van der Waals surface area contributed by atoms with Crippen LogP contribution < -0.4 is 5.32 Å². The number of piperazine rings is 1. The first-order valence-corrected chi connectivity index (χ1v) is 7.17. The lowest BCUT2D eigenvalue weighted by Crippen LogP contribution is -2.48. The Kier molecular flexibility index (Phi) is 8.52. The van der Waals surface area contributed by atoms with Gasteiger partial charge in [0.25, 0.3) is 0 Å². The van der Waals surface area contributed by atoms with Crippen molar-refractivity contribution in [2.45, 2.75) is 26.8 Å². The molecule has 1 heterocycles. The van der Waals surface area contributed by atoms with Crippen LogP contribution in [0.2, 0.25) is 5.02 Å². The van der Waals surface area contributed by atoms with Crippen LogP contribution in [-0.4, -0.2) is 31.1 Å². The first kappa shape index (κ1) is 20.9. The van der Waals surface area contributed by atoms with Crippen molar-refractivity contribution < 1.29 is 4.39 Å². The third kappa shape index (κ3) is 5.26. The molecule has 1 aromatic carbocycles. The van der Waals surface area contributed by atoms with Gasteiger partial charge in [-0.15, -0.1) is 24.8 Å². The van der Waals surface area contributed by atoms with Crippen molar-refractivity contribution in [1.29, 1.82) is 0 Å². The fraction of sp³-hybridized carbons (Fsp3) is 0.600. The van der Waals surface area contributed by atoms with Gasteiger partial charge in [-0.25, -0.2) is 4.39 Å². The first-order chi connectivity index (χ1) is 8.89. The van der Waals surface area contributed by atoms with Gasteiger partial charge in [0.1, 0.15) is 5.82 Å². The van der Waals surface area contributed by atoms with Gasteiger partial charge < -0.3 is 5.32 Å². The van der Waals surface area contributed by atoms with Crippen LogP contribution in [0.15, 0.2) is 18.2 Å². The zero-order valence-electron chi connectivity index (χ0n) is 12.7. The molecule has 0 spiro atoms. The Morgan fingerprint density at radius 2 is 1.76 bits per heavy atom. The molecule has 6 heteroatoms. The first-order valence-electron chi connectivity index (χ1n) is 6.79. The lowest BCUT2D eigenvalue weighted by Gasteiger charge is -2.43. The van der Waals surface area contributed by atoms with Crippen molar-refractivity contribution in [1.82, 2.24) is 10.2 Å². The number of nitrogens with zero attached hydrogens (tertiary/aromatic N) is 1. The number of halogens is 4. The summed E-state index contributed by atoms with van der Waals surface area (Å²) in [4.78, 5) is 2.40. The second-order valence-corrected chi connectivity index (χ2v) is 6.63. The minimum Gasteiger partial charge on any atom is -0.314 e. The van der Waals surface area contributed by atoms with Crippen LogP contribution in [0, 0.1) is 11.2 Å². The van der Waals surface area contributed by atoms with Crippen LogP contribution in [0.5, 0.6) is 0 Å². The van der Waals surface area contributed by atoms with Crippen LogP contribution >= 0.6 is 36.4 Å². The summed E-state index contributed by atoms with van der Waals surface area (Å²) in [7, 11) is 0. The third-order valence-corrected chi connectivity index (χ3v) is 3.93. The second-order valence-electron chi connectivity index (χ2n) is 6.22. The summed E-state index contributed by atoms with van der Waals surface area (Å²) < 4.78 is 13.6. The molecule has 0 bridgehead atoms. The maximum atomic E-state index is 13.6. The summed E-state index contributed by atoms with van der Waals surface area (Å²) in [6.07, 6.45) is 0. The summed E-state index contributed by atoms with van der Waals surface area (Å²) in [6, 6.07) is 4.80. The van der Waals surface area contributed by atoms with Crippen molar-refractivity contribution in [3.8, 4) is 0 Å². The predicted molar refractivity (Wildman–Crippen MR) is 92.5 cm³/mol. The van der Waals surface area contributed by atoms with Gasteiger partial charge in [0.2, 0.25) is 0 Å². The number of nitrogens with one attached hydrogen (secondary N) is 1. The Morgan fingerprint density at radius 1 is 1.19 bits per heavy atom. The molecule has 0 aliphatic carbocycles. The smallest absolute Gasteiger partial charge is 0.123 e. The molecule has 0 aromatic heterocycles. The maximum absolute atomic E-state index is 13.6. The minimum absolute atomic E-state index is 0. The molecule has 1 aliphatic heterocycles. The van der Waals surface area contributed by atoms with E-state index in [1.807, 2.05) is 0 Å². The molecule has 0 saturated carbocycles. The van der Waals surface area contributed by atoms with E-state index in [0.717, 1.165) is 31.7 Å². The number of hydrogen-bond donors (Lipinski definition) is 1. The van der Waals surface area contributed by atoms with Crippen molar-refractivity contribution in [3.63, 3.8) is 0 Å². The van der Waals surface area contributed by atoms with Crippen molar-refractivity contribution in [3.05, 3.63) is 34.6 Å². The molecule has 21 heavy (non-hydrogen) atoms. The SMILES string of the molecule is CC(C)(C)[C@@H](c1cc(F)ccc1Cl)N1CCNCC1.Cl.Cl. The van der Waals surface area contributed by atoms with E-state index >= 15 is 0 Å². The third-order valence-electron chi connectivity index (χ3n) is 3.59. The summed E-state index contributed by atoms with van der Waals surface area (Å²) >= 11 is 6.31. The summed E-state index contributed by atoms with van der Waals surface area (Å²) in [5.74, 6) is -0.219. The molecule has 1 atom stereocenters. The van der Waals surface area contributed by atoms with Gasteiger partial charge in [-0.3, -0.25) is 4.90 Å². The van der Waals surface area contributed by atoms with Gasteiger partial charge in [0, 0.05) is 37.2 Å². The monoisotopic (exact) mass is 356 g/mol. The van der Waals surface area contributed by atoms with Gasteiger partial charge in [-0.05, 0) is 29.2 Å². The van der Waals surface area contributed by atoms with Crippen LogP contribution in [0.1, 0.15) is 32.4 Å². The standard InChI is InChI=1S/C15H22ClFN2.2ClH/c1-15(2,3)14(19-8-6-18-7-9-19)12-10-11(17)4-5-13(12)16;;/h4-5,10,14,18H,6-9H2,1-3H3;2*1H/t14-;;/m1../s1. The lowest BCUT2D eigenvalue weighted by atomic mass is 9.81. The molecular formula is C15H24Cl3FN2. The molecule has 122 valence electrons. The van der Waals surface area contributed by atoms with E-state index in [1.165, 1.54) is 6.07 Å². The fourth-order valence-corrected chi connectivity index (χ4v) is 3.10. The molecule has 1 fully saturated rings. The van der Waals surface area contributed by atoms with Crippen molar-refractivity contribution in [2.24, 2.45) is 5.41 Å². The van der Waals surface area contributed by atoms with E-state index in [4.69, 9.17) is 11.6 Å². The van der Waals surface area contributed by atoms with E-state index < -0.39 is 0 Å². The Morgan fingerprint density at radius 3 is 2.29 bits per heavy atom. The molecule has 1 aliphatic rings. The highest BCUT2D eigenvalue weighted by molar-refractivity contribution is 6.31. The second kappa shape index (κ2) is 8.54. The van der Waals surface area contributed by atoms with E-state index in [2.05, 4.69) is 31.0 Å². The predicted octanol–water partition coefficient (Wildman–Crippen LogP) is 4.32. The maximum Gasteiger partial charge on any atom is 0.123 e. The molecule has 0 unspecified atom stereocenters. The fourth-order valence-electron chi connectivity index (χ4n) is 2.88. The lowest BCUT2D eigenvalue weighted by molar-refractivity contribution is 0.0861. The number of rotatable bonds is 2. The molecular weight excluding hydrogens is 334 g/mol. The molecule has 1 saturated heterocycles. The number of benzene rings is 1. The van der Waals surface area contributed by atoms with Gasteiger partial charge in [-0.1, -0.05) is 32.4 Å². The van der Waals surface area contributed by atoms with Crippen molar-refractivity contribution in [2.75, 3.05) is 26.2 Å². The Bertz CT molecular complexity index is 443. The zero-order chi connectivity index (χ0) is 14.0. The van der Waals surface area contributed by atoms with Gasteiger partial charge in [0.05, 0.1) is 0 Å². The highest BCUT2D eigenvalue weighted by Crippen LogP contribution is 2.41. The van der Waals surface area contributed by atoms with Gasteiger partial charge >= 0.3 is 0 Å². The van der Waals surface area contributed by atoms with Crippen molar-refractivity contribution >= 4 is 36.4 Å². The van der Waals surface area contributed by atoms with Crippen LogP contribution in [-0.2, 0) is 0 Å². The topological polar surface area (TPSA) is 15.3 Å². The minimum atomic E-state index is -0.219. The van der Waals surface area contributed by atoms with E-state index in [-0.39, 0.29) is 42.1 Å². The highest BCUT2D eigenvalue weighted by Gasteiger charge is 2.33. The average molecular weight is 358 g/mol. The van der Waals surface area contributed by atoms with Crippen LogP contribution in [0.25, 0.3) is 0 Å². The van der Waals surface area contributed by atoms with E-state index in [9.17, 15) is 4.39 Å². The van der Waals surface area contributed by atoms with E-state index in [0.29, 0.717) is 5.02 Å².